The van der Waals surface area contributed by atoms with Crippen molar-refractivity contribution in [3.8, 4) is 0 Å². The van der Waals surface area contributed by atoms with Crippen molar-refractivity contribution >= 4 is 17.0 Å². The molecule has 0 unspecified atom stereocenters. The van der Waals surface area contributed by atoms with Gasteiger partial charge < -0.3 is 10.2 Å². The third-order valence-electron chi connectivity index (χ3n) is 4.01. The van der Waals surface area contributed by atoms with Crippen LogP contribution in [-0.4, -0.2) is 70.7 Å². The molecule has 0 spiro atoms. The highest BCUT2D eigenvalue weighted by Crippen LogP contribution is 2.28. The van der Waals surface area contributed by atoms with Crippen molar-refractivity contribution in [2.24, 2.45) is 0 Å². The van der Waals surface area contributed by atoms with Crippen LogP contribution in [0.1, 0.15) is 0 Å². The van der Waals surface area contributed by atoms with Crippen molar-refractivity contribution in [1.82, 2.24) is 19.4 Å². The van der Waals surface area contributed by atoms with Crippen molar-refractivity contribution in [3.63, 3.8) is 0 Å². The molecule has 0 atom stereocenters. The minimum absolute atomic E-state index is 0.0407. The first-order valence-corrected chi connectivity index (χ1v) is 7.41. The fraction of sp³-hybridized carbons (Fsp3) is 0.500. The second-order valence-corrected chi connectivity index (χ2v) is 5.56. The lowest BCUT2D eigenvalue weighted by molar-refractivity contribution is -0.382. The molecule has 2 aromatic rings. The van der Waals surface area contributed by atoms with Crippen LogP contribution >= 0.6 is 0 Å². The van der Waals surface area contributed by atoms with Gasteiger partial charge in [-0.15, -0.1) is 5.10 Å². The van der Waals surface area contributed by atoms with Crippen LogP contribution in [0.15, 0.2) is 24.4 Å². The van der Waals surface area contributed by atoms with Crippen molar-refractivity contribution in [2.75, 3.05) is 51.6 Å². The molecule has 0 aromatic carbocycles. The number of nitro groups is 1. The lowest BCUT2D eigenvalue weighted by Crippen LogP contribution is -2.45. The van der Waals surface area contributed by atoms with Gasteiger partial charge in [-0.05, 0) is 19.2 Å². The maximum atomic E-state index is 11.3. The summed E-state index contributed by atoms with van der Waals surface area (Å²) in [6, 6.07) is 5.28. The van der Waals surface area contributed by atoms with E-state index in [4.69, 9.17) is 0 Å². The van der Waals surface area contributed by atoms with Gasteiger partial charge in [0, 0.05) is 45.5 Å². The molecule has 3 heterocycles. The molecule has 8 heteroatoms. The molecular formula is C14H20N6O2. The van der Waals surface area contributed by atoms with Gasteiger partial charge in [-0.25, -0.2) is 4.52 Å². The number of aromatic nitrogens is 2. The van der Waals surface area contributed by atoms with Gasteiger partial charge in [0.2, 0.25) is 5.82 Å². The summed E-state index contributed by atoms with van der Waals surface area (Å²) in [7, 11) is 2.12. The quantitative estimate of drug-likeness (QED) is 0.653. The molecule has 0 radical (unpaired) electrons. The van der Waals surface area contributed by atoms with Crippen molar-refractivity contribution < 1.29 is 4.92 Å². The average molecular weight is 304 g/mol. The number of rotatable bonds is 5. The summed E-state index contributed by atoms with van der Waals surface area (Å²) in [5, 5.41) is 18.7. The second-order valence-electron chi connectivity index (χ2n) is 5.56. The molecule has 0 bridgehead atoms. The first kappa shape index (κ1) is 14.7. The molecule has 1 aliphatic heterocycles. The molecular weight excluding hydrogens is 284 g/mol. The summed E-state index contributed by atoms with van der Waals surface area (Å²) >= 11 is 0. The highest BCUT2D eigenvalue weighted by Gasteiger charge is 2.23. The summed E-state index contributed by atoms with van der Waals surface area (Å²) in [6.07, 6.45) is 1.72. The van der Waals surface area contributed by atoms with E-state index in [0.29, 0.717) is 17.9 Å². The molecule has 3 rings (SSSR count). The van der Waals surface area contributed by atoms with Crippen LogP contribution in [0.3, 0.4) is 0 Å². The number of pyridine rings is 1. The maximum Gasteiger partial charge on any atom is 0.338 e. The van der Waals surface area contributed by atoms with E-state index >= 15 is 0 Å². The number of nitrogens with zero attached hydrogens (tertiary/aromatic N) is 5. The fourth-order valence-corrected chi connectivity index (χ4v) is 2.69. The summed E-state index contributed by atoms with van der Waals surface area (Å²) in [5.74, 6) is 0.338. The minimum atomic E-state index is -0.374. The Morgan fingerprint density at radius 1 is 1.32 bits per heavy atom. The van der Waals surface area contributed by atoms with E-state index < -0.39 is 0 Å². The number of hydrogen-bond donors (Lipinski definition) is 1. The van der Waals surface area contributed by atoms with Gasteiger partial charge in [-0.1, -0.05) is 6.07 Å². The van der Waals surface area contributed by atoms with E-state index in [1.807, 2.05) is 0 Å². The smallest absolute Gasteiger partial charge is 0.338 e. The molecule has 1 aliphatic rings. The number of fused-ring (bicyclic) bond motifs is 1. The lowest BCUT2D eigenvalue weighted by Gasteiger charge is -2.32. The van der Waals surface area contributed by atoms with E-state index in [9.17, 15) is 10.1 Å². The Morgan fingerprint density at radius 2 is 2.09 bits per heavy atom. The lowest BCUT2D eigenvalue weighted by atomic mass is 10.3. The zero-order valence-corrected chi connectivity index (χ0v) is 12.6. The molecule has 0 aliphatic carbocycles. The zero-order chi connectivity index (χ0) is 15.5. The first-order valence-electron chi connectivity index (χ1n) is 7.41. The first-order chi connectivity index (χ1) is 10.6. The van der Waals surface area contributed by atoms with Crippen molar-refractivity contribution in [3.05, 3.63) is 34.5 Å². The Morgan fingerprint density at radius 3 is 2.82 bits per heavy atom. The second kappa shape index (κ2) is 6.29. The molecule has 1 fully saturated rings. The highest BCUT2D eigenvalue weighted by atomic mass is 16.6. The van der Waals surface area contributed by atoms with E-state index in [1.165, 1.54) is 4.52 Å². The van der Waals surface area contributed by atoms with Crippen molar-refractivity contribution in [1.29, 1.82) is 0 Å². The summed E-state index contributed by atoms with van der Waals surface area (Å²) in [6.45, 7) is 5.70. The summed E-state index contributed by atoms with van der Waals surface area (Å²) in [4.78, 5) is 15.6. The van der Waals surface area contributed by atoms with Gasteiger partial charge in [0.15, 0.2) is 0 Å². The van der Waals surface area contributed by atoms with Crippen LogP contribution in [0.2, 0.25) is 0 Å². The standard InChI is InChI=1S/C14H20N6O2/c1-17-8-10-18(11-9-17)7-5-15-14-13(20(21)22)12-4-2-3-6-19(12)16-14/h2-4,6H,5,7-11H2,1H3,(H,15,16). The van der Waals surface area contributed by atoms with Gasteiger partial charge in [0.05, 0.1) is 4.92 Å². The van der Waals surface area contributed by atoms with E-state index in [2.05, 4.69) is 27.3 Å². The van der Waals surface area contributed by atoms with E-state index in [0.717, 1.165) is 32.7 Å². The van der Waals surface area contributed by atoms with E-state index in [-0.39, 0.29) is 10.6 Å². The monoisotopic (exact) mass is 304 g/mol. The number of nitrogens with one attached hydrogen (secondary N) is 1. The van der Waals surface area contributed by atoms with Gasteiger partial charge in [-0.2, -0.15) is 0 Å². The Labute approximate surface area is 128 Å². The molecule has 2 aromatic heterocycles. The van der Waals surface area contributed by atoms with Gasteiger partial charge in [-0.3, -0.25) is 15.0 Å². The van der Waals surface area contributed by atoms with Crippen LogP contribution in [0, 0.1) is 10.1 Å². The minimum Gasteiger partial charge on any atom is -0.362 e. The Bertz CT molecular complexity index is 662. The fourth-order valence-electron chi connectivity index (χ4n) is 2.69. The third kappa shape index (κ3) is 3.02. The van der Waals surface area contributed by atoms with Crippen LogP contribution in [-0.2, 0) is 0 Å². The topological polar surface area (TPSA) is 79.0 Å². The van der Waals surface area contributed by atoms with Crippen LogP contribution < -0.4 is 5.32 Å². The molecule has 0 saturated carbocycles. The summed E-state index contributed by atoms with van der Waals surface area (Å²) in [5.41, 5.74) is 0.550. The molecule has 1 N–H and O–H groups in total. The predicted octanol–water partition coefficient (Wildman–Crippen LogP) is 0.902. The molecule has 118 valence electrons. The molecule has 1 saturated heterocycles. The number of likely N-dealkylation sites (N-methyl/N-ethyl adjacent to an activating group) is 1. The van der Waals surface area contributed by atoms with Crippen LogP contribution in [0.25, 0.3) is 5.52 Å². The van der Waals surface area contributed by atoms with E-state index in [1.54, 1.807) is 24.4 Å². The summed E-state index contributed by atoms with van der Waals surface area (Å²) < 4.78 is 1.54. The van der Waals surface area contributed by atoms with Crippen molar-refractivity contribution in [2.45, 2.75) is 0 Å². The molecule has 8 nitrogen and oxygen atoms in total. The zero-order valence-electron chi connectivity index (χ0n) is 12.6. The SMILES string of the molecule is CN1CCN(CCNc2nn3ccccc3c2[N+](=O)[O-])CC1. The largest absolute Gasteiger partial charge is 0.362 e. The Kier molecular flexibility index (Phi) is 4.21. The molecule has 0 amide bonds. The molecule has 22 heavy (non-hydrogen) atoms. The number of anilines is 1. The number of hydrogen-bond acceptors (Lipinski definition) is 6. The van der Waals surface area contributed by atoms with Gasteiger partial charge in [0.25, 0.3) is 0 Å². The van der Waals surface area contributed by atoms with Gasteiger partial charge >= 0.3 is 5.69 Å². The number of piperazine rings is 1. The van der Waals surface area contributed by atoms with Crippen LogP contribution in [0.4, 0.5) is 11.5 Å². The predicted molar refractivity (Wildman–Crippen MR) is 84.3 cm³/mol. The van der Waals surface area contributed by atoms with Gasteiger partial charge in [0.1, 0.15) is 5.52 Å². The van der Waals surface area contributed by atoms with Crippen LogP contribution in [0.5, 0.6) is 0 Å². The maximum absolute atomic E-state index is 11.3. The Balaban J connectivity index is 1.66. The highest BCUT2D eigenvalue weighted by molar-refractivity contribution is 5.76. The average Bonchev–Trinajstić information content (AvgIpc) is 2.87. The third-order valence-corrected chi connectivity index (χ3v) is 4.01. The Hall–Kier alpha value is -2.19. The normalized spacial score (nSPS) is 17.0.